The van der Waals surface area contributed by atoms with Crippen LogP contribution < -0.4 is 5.32 Å². The number of hydrogen-bond acceptors (Lipinski definition) is 3. The summed E-state index contributed by atoms with van der Waals surface area (Å²) in [5.74, 6) is 0.162. The first-order chi connectivity index (χ1) is 8.45. The zero-order chi connectivity index (χ0) is 13.3. The molecule has 1 aliphatic rings. The fourth-order valence-electron chi connectivity index (χ4n) is 2.58. The van der Waals surface area contributed by atoms with Crippen molar-refractivity contribution in [3.05, 3.63) is 21.9 Å². The monoisotopic (exact) mass is 266 g/mol. The predicted molar refractivity (Wildman–Crippen MR) is 75.8 cm³/mol. The van der Waals surface area contributed by atoms with Crippen molar-refractivity contribution in [3.8, 4) is 0 Å². The van der Waals surface area contributed by atoms with Gasteiger partial charge in [-0.3, -0.25) is 9.69 Å². The lowest BCUT2D eigenvalue weighted by atomic mass is 9.84. The third-order valence-electron chi connectivity index (χ3n) is 3.96. The lowest BCUT2D eigenvalue weighted by Crippen LogP contribution is -2.67. The Morgan fingerprint density at radius 3 is 2.78 bits per heavy atom. The van der Waals surface area contributed by atoms with E-state index < -0.39 is 0 Å². The van der Waals surface area contributed by atoms with Crippen molar-refractivity contribution in [2.24, 2.45) is 0 Å². The highest BCUT2D eigenvalue weighted by atomic mass is 32.1. The molecule has 1 aromatic rings. The van der Waals surface area contributed by atoms with Crippen LogP contribution in [0.15, 0.2) is 11.4 Å². The van der Waals surface area contributed by atoms with Gasteiger partial charge in [0.05, 0.1) is 12.1 Å². The van der Waals surface area contributed by atoms with E-state index in [0.29, 0.717) is 12.6 Å². The van der Waals surface area contributed by atoms with Gasteiger partial charge in [0.25, 0.3) is 0 Å². The summed E-state index contributed by atoms with van der Waals surface area (Å²) in [6, 6.07) is 2.52. The molecule has 1 unspecified atom stereocenters. The van der Waals surface area contributed by atoms with E-state index in [4.69, 9.17) is 0 Å². The number of nitrogens with zero attached hydrogens (tertiary/aromatic N) is 1. The number of thiophene rings is 1. The Morgan fingerprint density at radius 2 is 2.33 bits per heavy atom. The van der Waals surface area contributed by atoms with Crippen molar-refractivity contribution in [3.63, 3.8) is 0 Å². The molecular formula is C14H22N2OS. The molecule has 1 aliphatic heterocycles. The van der Waals surface area contributed by atoms with E-state index in [-0.39, 0.29) is 11.4 Å². The molecule has 0 aromatic carbocycles. The third kappa shape index (κ3) is 2.31. The number of carbonyl (C=O) groups is 1. The Labute approximate surface area is 113 Å². The average Bonchev–Trinajstić information content (AvgIpc) is 2.68. The van der Waals surface area contributed by atoms with Crippen LogP contribution >= 0.6 is 11.3 Å². The van der Waals surface area contributed by atoms with Gasteiger partial charge in [-0.15, -0.1) is 11.3 Å². The van der Waals surface area contributed by atoms with Crippen LogP contribution in [0.2, 0.25) is 0 Å². The molecule has 0 aliphatic carbocycles. The second-order valence-electron chi connectivity index (χ2n) is 5.52. The van der Waals surface area contributed by atoms with E-state index in [1.165, 1.54) is 10.4 Å². The molecule has 2 heterocycles. The summed E-state index contributed by atoms with van der Waals surface area (Å²) >= 11 is 1.71. The molecule has 1 aromatic heterocycles. The van der Waals surface area contributed by atoms with Crippen LogP contribution in [0.3, 0.4) is 0 Å². The van der Waals surface area contributed by atoms with Crippen LogP contribution in [0.25, 0.3) is 0 Å². The number of nitrogens with one attached hydrogen (secondary N) is 1. The second-order valence-corrected chi connectivity index (χ2v) is 6.52. The topological polar surface area (TPSA) is 32.3 Å². The summed E-state index contributed by atoms with van der Waals surface area (Å²) in [6.45, 7) is 10.1. The number of hydrogen-bond donors (Lipinski definition) is 1. The Balaban J connectivity index is 1.94. The molecular weight excluding hydrogens is 244 g/mol. The van der Waals surface area contributed by atoms with Gasteiger partial charge in [-0.1, -0.05) is 0 Å². The van der Waals surface area contributed by atoms with Crippen molar-refractivity contribution in [2.45, 2.75) is 52.2 Å². The molecule has 3 nitrogen and oxygen atoms in total. The van der Waals surface area contributed by atoms with Crippen LogP contribution in [0.4, 0.5) is 0 Å². The summed E-state index contributed by atoms with van der Waals surface area (Å²) in [4.78, 5) is 15.8. The van der Waals surface area contributed by atoms with E-state index in [1.807, 2.05) is 6.92 Å². The van der Waals surface area contributed by atoms with E-state index in [1.54, 1.807) is 11.3 Å². The molecule has 4 heteroatoms. The minimum atomic E-state index is -0.306. The summed E-state index contributed by atoms with van der Waals surface area (Å²) in [5, 5.41) is 5.15. The van der Waals surface area contributed by atoms with E-state index >= 15 is 0 Å². The minimum Gasteiger partial charge on any atom is -0.350 e. The van der Waals surface area contributed by atoms with Gasteiger partial charge < -0.3 is 5.32 Å². The van der Waals surface area contributed by atoms with E-state index in [2.05, 4.69) is 42.4 Å². The quantitative estimate of drug-likeness (QED) is 0.908. The lowest BCUT2D eigenvalue weighted by molar-refractivity contribution is -0.143. The fourth-order valence-corrected chi connectivity index (χ4v) is 3.43. The Kier molecular flexibility index (Phi) is 3.78. The fraction of sp³-hybridized carbons (Fsp3) is 0.643. The van der Waals surface area contributed by atoms with Crippen LogP contribution in [0.5, 0.6) is 0 Å². The van der Waals surface area contributed by atoms with Crippen LogP contribution in [0, 0.1) is 6.92 Å². The van der Waals surface area contributed by atoms with Crippen molar-refractivity contribution in [2.75, 3.05) is 6.54 Å². The molecule has 0 saturated carbocycles. The van der Waals surface area contributed by atoms with Crippen LogP contribution in [0.1, 0.15) is 37.6 Å². The Hall–Kier alpha value is -0.870. The van der Waals surface area contributed by atoms with Gasteiger partial charge in [0.1, 0.15) is 0 Å². The first-order valence-electron chi connectivity index (χ1n) is 6.53. The first kappa shape index (κ1) is 13.6. The van der Waals surface area contributed by atoms with E-state index in [9.17, 15) is 4.79 Å². The predicted octanol–water partition coefficient (Wildman–Crippen LogP) is 2.55. The number of rotatable bonds is 4. The van der Waals surface area contributed by atoms with Gasteiger partial charge >= 0.3 is 0 Å². The van der Waals surface area contributed by atoms with Gasteiger partial charge in [-0.2, -0.15) is 0 Å². The Bertz CT molecular complexity index is 441. The minimum absolute atomic E-state index is 0.162. The van der Waals surface area contributed by atoms with Gasteiger partial charge in [-0.25, -0.2) is 0 Å². The van der Waals surface area contributed by atoms with Gasteiger partial charge in [0.2, 0.25) is 5.91 Å². The van der Waals surface area contributed by atoms with Gasteiger partial charge in [-0.05, 0) is 51.1 Å². The molecule has 1 amide bonds. The number of likely N-dealkylation sites (tertiary alicyclic amines) is 1. The summed E-state index contributed by atoms with van der Waals surface area (Å²) in [5.41, 5.74) is 0.957. The Morgan fingerprint density at radius 1 is 1.61 bits per heavy atom. The molecule has 1 atom stereocenters. The van der Waals surface area contributed by atoms with Crippen molar-refractivity contribution in [1.29, 1.82) is 0 Å². The molecule has 0 bridgehead atoms. The van der Waals surface area contributed by atoms with Gasteiger partial charge in [0.15, 0.2) is 0 Å². The molecule has 2 rings (SSSR count). The van der Waals surface area contributed by atoms with Crippen molar-refractivity contribution >= 4 is 17.2 Å². The molecule has 100 valence electrons. The highest BCUT2D eigenvalue weighted by molar-refractivity contribution is 7.10. The van der Waals surface area contributed by atoms with Crippen molar-refractivity contribution in [1.82, 2.24) is 10.2 Å². The zero-order valence-electron chi connectivity index (χ0n) is 11.6. The number of amides is 1. The maximum Gasteiger partial charge on any atom is 0.240 e. The first-order valence-corrected chi connectivity index (χ1v) is 7.41. The second kappa shape index (κ2) is 5.02. The summed E-state index contributed by atoms with van der Waals surface area (Å²) < 4.78 is 0. The average molecular weight is 266 g/mol. The van der Waals surface area contributed by atoms with Crippen molar-refractivity contribution < 1.29 is 4.79 Å². The molecule has 0 spiro atoms. The summed E-state index contributed by atoms with van der Waals surface area (Å²) in [6.07, 6.45) is 0.959. The SMILES string of the molecule is Cc1ccsc1CNC(=O)C1(C)CCN1C(C)C. The summed E-state index contributed by atoms with van der Waals surface area (Å²) in [7, 11) is 0. The maximum absolute atomic E-state index is 12.3. The van der Waals surface area contributed by atoms with E-state index in [0.717, 1.165) is 13.0 Å². The molecule has 18 heavy (non-hydrogen) atoms. The van der Waals surface area contributed by atoms with Crippen LogP contribution in [-0.2, 0) is 11.3 Å². The zero-order valence-corrected chi connectivity index (χ0v) is 12.4. The largest absolute Gasteiger partial charge is 0.350 e. The smallest absolute Gasteiger partial charge is 0.240 e. The normalized spacial score (nSPS) is 24.1. The lowest BCUT2D eigenvalue weighted by Gasteiger charge is -2.51. The van der Waals surface area contributed by atoms with Gasteiger partial charge in [0, 0.05) is 17.5 Å². The molecule has 0 radical (unpaired) electrons. The molecule has 1 fully saturated rings. The highest BCUT2D eigenvalue weighted by Gasteiger charge is 2.47. The van der Waals surface area contributed by atoms with Crippen LogP contribution in [-0.4, -0.2) is 28.9 Å². The maximum atomic E-state index is 12.3. The highest BCUT2D eigenvalue weighted by Crippen LogP contribution is 2.32. The molecule has 1 saturated heterocycles. The third-order valence-corrected chi connectivity index (χ3v) is 4.99. The number of aryl methyl sites for hydroxylation is 1. The molecule has 1 N–H and O–H groups in total. The number of carbonyl (C=O) groups excluding carboxylic acids is 1. The standard InChI is InChI=1S/C14H22N2OS/c1-10(2)16-7-6-14(16,4)13(17)15-9-12-11(3)5-8-18-12/h5,8,10H,6-7,9H2,1-4H3,(H,15,17).